The third-order valence-electron chi connectivity index (χ3n) is 10.7. The van der Waals surface area contributed by atoms with Crippen molar-refractivity contribution in [3.05, 3.63) is 105 Å². The second-order valence-corrected chi connectivity index (χ2v) is 14.4. The molecule has 0 aliphatic carbocycles. The van der Waals surface area contributed by atoms with Crippen LogP contribution in [0.3, 0.4) is 0 Å². The average molecular weight is 835 g/mol. The van der Waals surface area contributed by atoms with E-state index in [1.54, 1.807) is 41.2 Å². The number of alkyl halides is 3. The molecule has 8 rings (SSSR count). The summed E-state index contributed by atoms with van der Waals surface area (Å²) in [6, 6.07) is 15.1. The molecule has 1 spiro atoms. The van der Waals surface area contributed by atoms with Crippen LogP contribution in [-0.4, -0.2) is 98.1 Å². The third kappa shape index (κ3) is 8.06. The first kappa shape index (κ1) is 41.2. The molecule has 15 nitrogen and oxygen atoms in total. The summed E-state index contributed by atoms with van der Waals surface area (Å²) in [6.07, 6.45) is -2.51. The van der Waals surface area contributed by atoms with Gasteiger partial charge in [-0.15, -0.1) is 5.10 Å². The number of piperidine rings is 1. The number of rotatable bonds is 6. The molecule has 5 aromatic rings. The van der Waals surface area contributed by atoms with Crippen LogP contribution in [0.25, 0.3) is 17.2 Å². The smallest absolute Gasteiger partial charge is 0.368 e. The normalized spacial score (nSPS) is 16.1. The fraction of sp³-hybridized carbons (Fsp3) is 0.375. The Kier molecular flexibility index (Phi) is 11.6. The highest BCUT2D eigenvalue weighted by Gasteiger charge is 2.48. The van der Waals surface area contributed by atoms with E-state index < -0.39 is 35.4 Å². The van der Waals surface area contributed by atoms with Crippen LogP contribution in [0.4, 0.5) is 29.3 Å². The fourth-order valence-corrected chi connectivity index (χ4v) is 7.89. The van der Waals surface area contributed by atoms with Gasteiger partial charge in [-0.1, -0.05) is 31.5 Å². The summed E-state index contributed by atoms with van der Waals surface area (Å²) in [5.74, 6) is -0.613. The van der Waals surface area contributed by atoms with E-state index in [1.807, 2.05) is 38.1 Å². The molecule has 0 radical (unpaired) electrons. The molecule has 3 aromatic heterocycles. The maximum Gasteiger partial charge on any atom is 0.416 e. The summed E-state index contributed by atoms with van der Waals surface area (Å²) >= 11 is 6.16. The number of hydrogen-bond acceptors (Lipinski definition) is 9. The van der Waals surface area contributed by atoms with Gasteiger partial charge in [-0.3, -0.25) is 19.4 Å². The van der Waals surface area contributed by atoms with Crippen molar-refractivity contribution in [2.24, 2.45) is 0 Å². The molecule has 6 heterocycles. The zero-order valence-electron chi connectivity index (χ0n) is 32.6. The molecular weight excluding hydrogens is 793 g/mol. The number of carbonyl (C=O) groups is 3. The van der Waals surface area contributed by atoms with Gasteiger partial charge < -0.3 is 34.6 Å². The molecule has 0 bridgehead atoms. The lowest BCUT2D eigenvalue weighted by Crippen LogP contribution is -2.51. The van der Waals surface area contributed by atoms with Gasteiger partial charge >= 0.3 is 12.2 Å². The van der Waals surface area contributed by atoms with E-state index in [2.05, 4.69) is 25.6 Å². The Morgan fingerprint density at radius 1 is 0.932 bits per heavy atom. The Morgan fingerprint density at radius 3 is 2.27 bits per heavy atom. The average Bonchev–Trinajstić information content (AvgIpc) is 3.87. The molecule has 0 atom stereocenters. The van der Waals surface area contributed by atoms with Gasteiger partial charge in [0.15, 0.2) is 5.82 Å². The van der Waals surface area contributed by atoms with E-state index in [0.717, 1.165) is 28.4 Å². The summed E-state index contributed by atoms with van der Waals surface area (Å²) in [4.78, 5) is 67.8. The number of anilines is 2. The largest absolute Gasteiger partial charge is 0.416 e. The number of aromatic nitrogens is 5. The molecule has 3 aliphatic heterocycles. The van der Waals surface area contributed by atoms with Crippen molar-refractivity contribution in [3.63, 3.8) is 0 Å². The van der Waals surface area contributed by atoms with E-state index in [9.17, 15) is 32.3 Å². The lowest BCUT2D eigenvalue weighted by molar-refractivity contribution is -0.137. The Bertz CT molecular complexity index is 2430. The highest BCUT2D eigenvalue weighted by Crippen LogP contribution is 2.43. The molecule has 4 amide bonds. The topological polar surface area (TPSA) is 159 Å². The van der Waals surface area contributed by atoms with Crippen molar-refractivity contribution in [1.82, 2.24) is 39.3 Å². The fourth-order valence-electron chi connectivity index (χ4n) is 7.66. The molecule has 2 saturated heterocycles. The number of likely N-dealkylation sites (tertiary alicyclic amines) is 1. The predicted molar refractivity (Wildman–Crippen MR) is 213 cm³/mol. The van der Waals surface area contributed by atoms with E-state index in [4.69, 9.17) is 21.3 Å². The van der Waals surface area contributed by atoms with Crippen molar-refractivity contribution in [1.29, 1.82) is 0 Å². The first-order valence-corrected chi connectivity index (χ1v) is 19.6. The van der Waals surface area contributed by atoms with E-state index in [1.165, 1.54) is 4.57 Å². The van der Waals surface area contributed by atoms with Gasteiger partial charge in [0.05, 0.1) is 34.1 Å². The monoisotopic (exact) mass is 834 g/mol. The number of pyridine rings is 1. The van der Waals surface area contributed by atoms with Gasteiger partial charge in [0.1, 0.15) is 17.8 Å². The minimum Gasteiger partial charge on any atom is -0.368 e. The number of amides is 4. The van der Waals surface area contributed by atoms with Crippen molar-refractivity contribution in [2.45, 2.75) is 51.6 Å². The van der Waals surface area contributed by atoms with Crippen LogP contribution >= 0.6 is 11.6 Å². The quantitative estimate of drug-likeness (QED) is 0.228. The van der Waals surface area contributed by atoms with Crippen LogP contribution in [0.1, 0.15) is 54.0 Å². The lowest BCUT2D eigenvalue weighted by Gasteiger charge is -2.38. The summed E-state index contributed by atoms with van der Waals surface area (Å²) in [6.45, 7) is 6.50. The van der Waals surface area contributed by atoms with Crippen molar-refractivity contribution in [2.75, 3.05) is 56.5 Å². The molecule has 3 aliphatic rings. The summed E-state index contributed by atoms with van der Waals surface area (Å²) < 4.78 is 48.9. The van der Waals surface area contributed by atoms with Crippen molar-refractivity contribution >= 4 is 46.6 Å². The first-order chi connectivity index (χ1) is 28.3. The highest BCUT2D eigenvalue weighted by atomic mass is 35.5. The summed E-state index contributed by atoms with van der Waals surface area (Å²) in [5, 5.41) is 9.55. The number of benzene rings is 2. The molecule has 2 fully saturated rings. The van der Waals surface area contributed by atoms with E-state index >= 15 is 0 Å². The van der Waals surface area contributed by atoms with Crippen LogP contribution in [-0.2, 0) is 34.5 Å². The zero-order valence-corrected chi connectivity index (χ0v) is 33.3. The number of nitrogens with one attached hydrogen (secondary N) is 2. The molecule has 2 aromatic carbocycles. The van der Waals surface area contributed by atoms with Crippen molar-refractivity contribution < 1.29 is 32.3 Å². The molecule has 310 valence electrons. The summed E-state index contributed by atoms with van der Waals surface area (Å²) in [7, 11) is 1.60. The maximum atomic E-state index is 14.4. The Balaban J connectivity index is 0.00000260. The van der Waals surface area contributed by atoms with Crippen molar-refractivity contribution in [3.8, 4) is 11.4 Å². The number of fused-ring (bicyclic) bond motifs is 3. The summed E-state index contributed by atoms with van der Waals surface area (Å²) in [5.41, 5.74) is -0.0315. The molecule has 0 saturated carbocycles. The zero-order chi connectivity index (χ0) is 42.1. The maximum absolute atomic E-state index is 14.4. The second-order valence-electron chi connectivity index (χ2n) is 14.0. The van der Waals surface area contributed by atoms with Crippen LogP contribution in [0.15, 0.2) is 71.7 Å². The molecule has 59 heavy (non-hydrogen) atoms. The third-order valence-corrected chi connectivity index (χ3v) is 11.0. The highest BCUT2D eigenvalue weighted by molar-refractivity contribution is 6.33. The molecule has 19 heteroatoms. The van der Waals surface area contributed by atoms with Gasteiger partial charge in [-0.2, -0.15) is 22.7 Å². The Morgan fingerprint density at radius 2 is 1.64 bits per heavy atom. The number of carbonyl (C=O) groups excluding carboxylic acids is 3. The van der Waals surface area contributed by atoms with Gasteiger partial charge in [0.25, 0.3) is 11.5 Å². The van der Waals surface area contributed by atoms with Crippen LogP contribution in [0.2, 0.25) is 5.02 Å². The molecule has 0 unspecified atom stereocenters. The number of piperazine rings is 1. The molecular formula is C40H42ClF3N10O5. The van der Waals surface area contributed by atoms with Crippen LogP contribution in [0.5, 0.6) is 0 Å². The van der Waals surface area contributed by atoms with E-state index in [-0.39, 0.29) is 66.8 Å². The van der Waals surface area contributed by atoms with Gasteiger partial charge in [0.2, 0.25) is 11.7 Å². The number of hydrogen-bond donors (Lipinski definition) is 2. The van der Waals surface area contributed by atoms with Gasteiger partial charge in [0, 0.05) is 63.8 Å². The van der Waals surface area contributed by atoms with Crippen LogP contribution < -0.4 is 21.1 Å². The number of nitrogens with zero attached hydrogens (tertiary/aromatic N) is 8. The number of ether oxygens (including phenoxy) is 1. The Labute approximate surface area is 341 Å². The van der Waals surface area contributed by atoms with Gasteiger partial charge in [-0.05, 0) is 67.4 Å². The number of halogens is 4. The predicted octanol–water partition coefficient (Wildman–Crippen LogP) is 5.41. The lowest BCUT2D eigenvalue weighted by atomic mass is 9.85. The molecule has 2 N–H and O–H groups in total. The standard InChI is InChI=1S/C38H36ClF3N10O5.C2H6/c1-43-36(56)50-18-16-48(17-19-50)25-8-5-23(6-9-25)32-46-35-51(21-30(53)45-27-10-7-24(20-26(27)39)38(40,41)42)29-22-57-37(31(29)34(55)52(35)47-32)11-14-49(15-12-37)33(54)28-4-2-3-13-44-28;1-2/h2-10,13,20H,11-12,14-19,21-22H2,1H3,(H,43,56)(H,45,53);1-2H3. The first-order valence-electron chi connectivity index (χ1n) is 19.2. The van der Waals surface area contributed by atoms with Gasteiger partial charge in [-0.25, -0.2) is 4.79 Å². The van der Waals surface area contributed by atoms with E-state index in [0.29, 0.717) is 48.7 Å². The van der Waals surface area contributed by atoms with Crippen LogP contribution in [0, 0.1) is 0 Å². The number of urea groups is 1. The Hall–Kier alpha value is -6.01. The minimum absolute atomic E-state index is 0.0293. The second kappa shape index (κ2) is 16.7. The minimum atomic E-state index is -4.62. The SMILES string of the molecule is CC.CNC(=O)N1CCN(c2ccc(-c3nc4n(CC(=O)Nc5ccc(C(F)(F)F)cc5Cl)c5c(c(=O)n4n3)C3(CCN(C(=O)c4ccccn4)CC3)OC5)cc2)CC1.